The molecule has 12 atom stereocenters. The Kier molecular flexibility index (Phi) is 14.2. The van der Waals surface area contributed by atoms with Gasteiger partial charge in [-0.05, 0) is 131 Å². The largest absolute Gasteiger partial charge is 0.504 e. The van der Waals surface area contributed by atoms with Crippen molar-refractivity contribution in [3.05, 3.63) is 35.4 Å². The van der Waals surface area contributed by atoms with Gasteiger partial charge in [-0.1, -0.05) is 64.8 Å². The third-order valence-corrected chi connectivity index (χ3v) is 19.5. The predicted molar refractivity (Wildman–Crippen MR) is 254 cm³/mol. The molecule has 9 aliphatic rings. The highest BCUT2D eigenvalue weighted by molar-refractivity contribution is 8.76. The lowest BCUT2D eigenvalue weighted by Crippen LogP contribution is -2.66. The number of phenolic OH excluding ortho intramolecular Hbond substituents is 1. The Bertz CT molecular complexity index is 1970. The first-order valence-corrected chi connectivity index (χ1v) is 27.1. The number of hydrogen-bond acceptors (Lipinski definition) is 14. The lowest BCUT2D eigenvalue weighted by molar-refractivity contribution is -0.152. The first-order valence-electron chi connectivity index (χ1n) is 24.6. The van der Waals surface area contributed by atoms with Gasteiger partial charge in [0, 0.05) is 61.2 Å². The van der Waals surface area contributed by atoms with Crippen molar-refractivity contribution in [2.24, 2.45) is 39.3 Å². The fourth-order valence-corrected chi connectivity index (χ4v) is 16.4. The number of carbonyl (C=O) groups is 1. The molecule has 3 saturated carbocycles. The second-order valence-corrected chi connectivity index (χ2v) is 23.8. The minimum absolute atomic E-state index is 0.0114. The van der Waals surface area contributed by atoms with Crippen LogP contribution in [0.15, 0.2) is 29.3 Å². The molecule has 0 unspecified atom stereocenters. The first-order chi connectivity index (χ1) is 30.9. The monoisotopic (exact) mass is 919 g/mol. The van der Waals surface area contributed by atoms with Crippen LogP contribution in [0.25, 0.3) is 0 Å². The summed E-state index contributed by atoms with van der Waals surface area (Å²) in [6.07, 6.45) is 18.1. The number of phenols is 1. The number of esters is 1. The van der Waals surface area contributed by atoms with Gasteiger partial charge >= 0.3 is 5.97 Å². The summed E-state index contributed by atoms with van der Waals surface area (Å²) in [6.45, 7) is 2.79. The molecule has 5 aliphatic carbocycles. The summed E-state index contributed by atoms with van der Waals surface area (Å²) >= 11 is 0. The van der Waals surface area contributed by atoms with Crippen LogP contribution in [0, 0.1) is 40.4 Å². The van der Waals surface area contributed by atoms with Gasteiger partial charge in [0.05, 0.1) is 35.8 Å². The lowest BCUT2D eigenvalue weighted by atomic mass is 9.64. The molecule has 9 N–H and O–H groups in total. The third-order valence-electron chi connectivity index (χ3n) is 16.9. The van der Waals surface area contributed by atoms with Gasteiger partial charge < -0.3 is 51.6 Å². The number of aliphatic hydroxyl groups excluding tert-OH is 3. The number of aliphatic hydroxyl groups is 3. The lowest BCUT2D eigenvalue weighted by Gasteiger charge is -2.52. The summed E-state index contributed by atoms with van der Waals surface area (Å²) in [5.41, 5.74) is 7.27. The van der Waals surface area contributed by atoms with Gasteiger partial charge in [-0.15, -0.1) is 0 Å². The van der Waals surface area contributed by atoms with E-state index in [-0.39, 0.29) is 53.8 Å². The fourth-order valence-electron chi connectivity index (χ4n) is 13.9. The van der Waals surface area contributed by atoms with Crippen LogP contribution in [0.5, 0.6) is 11.5 Å². The maximum Gasteiger partial charge on any atom is 0.302 e. The van der Waals surface area contributed by atoms with E-state index in [9.17, 15) is 25.2 Å². The average molecular weight is 920 g/mol. The maximum atomic E-state index is 13.0. The average Bonchev–Trinajstić information content (AvgIpc) is 3.70. The Labute approximate surface area is 388 Å². The first kappa shape index (κ1) is 46.5. The van der Waals surface area contributed by atoms with Crippen molar-refractivity contribution in [1.29, 1.82) is 0 Å². The highest BCUT2D eigenvalue weighted by Crippen LogP contribution is 2.53. The predicted octanol–water partition coefficient (Wildman–Crippen LogP) is 6.02. The third kappa shape index (κ3) is 9.84. The Hall–Kier alpha value is -2.64. The van der Waals surface area contributed by atoms with E-state index < -0.39 is 41.7 Å². The molecule has 1 saturated heterocycles. The number of carbonyl (C=O) groups excluding carboxylic acids is 1. The van der Waals surface area contributed by atoms with E-state index in [1.165, 1.54) is 39.0 Å². The molecule has 10 rings (SSSR count). The summed E-state index contributed by atoms with van der Waals surface area (Å²) < 4.78 is 13.0. The van der Waals surface area contributed by atoms with Crippen molar-refractivity contribution >= 4 is 33.5 Å². The standard InChI is InChI=1S/C50H73N5O7S2/c1-32(57)61-41-26-37(58)11-18-49-17-10-34-22-33-8-9-44(50(27-33)28-38(12-19-53-50)62-42-25-35(23-39(34)41)36(29-56)24-40(42)59)52-20-21-63-64-31-48(16-5-15-47(30-48)13-2-3-14-47)55-46(51)54-43(49)6-4-7-45(49)60/h4,6,24-25,33-34,37-39,41,43-45,52-53,56,58-60H,2-3,5,7-9,11-16,18-23,26-31H2,1H3,(H3,51,54,55)/t33-,34-,37-,38+,39-,41-,43+,44-,45-,48+,49+,50+/m0/s1. The number of hydrogen-bond donors (Lipinski definition) is 8. The molecular weight excluding hydrogens is 847 g/mol. The summed E-state index contributed by atoms with van der Waals surface area (Å²) in [6, 6.07) is 3.13. The number of nitrogens with one attached hydrogen (secondary N) is 3. The molecule has 0 amide bonds. The molecule has 352 valence electrons. The van der Waals surface area contributed by atoms with Crippen LogP contribution in [0.1, 0.15) is 134 Å². The van der Waals surface area contributed by atoms with Gasteiger partial charge in [-0.2, -0.15) is 0 Å². The van der Waals surface area contributed by atoms with E-state index >= 15 is 0 Å². The van der Waals surface area contributed by atoms with Crippen molar-refractivity contribution < 1.29 is 34.7 Å². The molecule has 0 radical (unpaired) electrons. The summed E-state index contributed by atoms with van der Waals surface area (Å²) in [5, 5.41) is 58.4. The number of fused-ring (bicyclic) bond motifs is 10. The summed E-state index contributed by atoms with van der Waals surface area (Å²) in [7, 11) is 3.89. The Morgan fingerprint density at radius 2 is 1.88 bits per heavy atom. The van der Waals surface area contributed by atoms with Crippen molar-refractivity contribution in [2.75, 3.05) is 24.6 Å². The number of benzene rings is 1. The summed E-state index contributed by atoms with van der Waals surface area (Å²) in [5.74, 6) is 9.36. The quantitative estimate of drug-likeness (QED) is 0.0745. The van der Waals surface area contributed by atoms with Crippen molar-refractivity contribution in [1.82, 2.24) is 16.0 Å². The molecule has 8 bridgehead atoms. The molecule has 4 aliphatic heterocycles. The van der Waals surface area contributed by atoms with Crippen LogP contribution in [-0.2, 0) is 22.6 Å². The molecule has 4 heterocycles. The van der Waals surface area contributed by atoms with Crippen LogP contribution in [0.4, 0.5) is 0 Å². The zero-order chi connectivity index (χ0) is 44.5. The number of piperidine rings is 1. The SMILES string of the molecule is CC(=O)O[C@H]1C[C@@H](O)CC[C@]23C#C[C@H]4C[C@@H]5CC[C@H](NCCSSC[C@]6(CCCC7(CCCC7)C6)NC(N)=N[C@@H]2C=CC[C@@H]3O)[C@@]2(C5)C[C@@H](CCN2)Oc2cc(c(CO)cc2O)C[C@H]14. The van der Waals surface area contributed by atoms with Gasteiger partial charge in [-0.25, -0.2) is 4.99 Å². The van der Waals surface area contributed by atoms with E-state index in [2.05, 4.69) is 33.9 Å². The maximum absolute atomic E-state index is 13.0. The number of nitrogens with zero attached hydrogens (tertiary/aromatic N) is 1. The minimum Gasteiger partial charge on any atom is -0.504 e. The van der Waals surface area contributed by atoms with Crippen molar-refractivity contribution in [2.45, 2.75) is 183 Å². The van der Waals surface area contributed by atoms with Crippen molar-refractivity contribution in [3.8, 4) is 23.3 Å². The molecular formula is C50H73N5O7S2. The molecule has 14 heteroatoms. The number of guanidine groups is 1. The molecule has 4 fully saturated rings. The van der Waals surface area contributed by atoms with Crippen LogP contribution < -0.4 is 26.4 Å². The molecule has 4 spiro atoms. The van der Waals surface area contributed by atoms with Crippen LogP contribution in [0.2, 0.25) is 0 Å². The van der Waals surface area contributed by atoms with Gasteiger partial charge in [0.2, 0.25) is 0 Å². The smallest absolute Gasteiger partial charge is 0.302 e. The van der Waals surface area contributed by atoms with E-state index in [0.717, 1.165) is 87.9 Å². The normalized spacial score (nSPS) is 40.1. The molecule has 12 nitrogen and oxygen atoms in total. The zero-order valence-electron chi connectivity index (χ0n) is 37.8. The molecule has 1 aromatic carbocycles. The van der Waals surface area contributed by atoms with Crippen LogP contribution in [0.3, 0.4) is 0 Å². The topological polar surface area (TPSA) is 191 Å². The second kappa shape index (κ2) is 19.5. The number of ether oxygens (including phenoxy) is 2. The van der Waals surface area contributed by atoms with Crippen molar-refractivity contribution in [3.63, 3.8) is 0 Å². The number of rotatable bonds is 2. The highest BCUT2D eigenvalue weighted by Gasteiger charge is 2.51. The van der Waals surface area contributed by atoms with Gasteiger partial charge in [0.15, 0.2) is 17.5 Å². The van der Waals surface area contributed by atoms with E-state index in [1.807, 2.05) is 33.7 Å². The van der Waals surface area contributed by atoms with Gasteiger partial charge in [0.25, 0.3) is 0 Å². The van der Waals surface area contributed by atoms with E-state index in [4.69, 9.17) is 20.2 Å². The van der Waals surface area contributed by atoms with Crippen LogP contribution in [-0.4, -0.2) is 105 Å². The zero-order valence-corrected chi connectivity index (χ0v) is 39.5. The Morgan fingerprint density at radius 3 is 2.70 bits per heavy atom. The number of aromatic hydroxyl groups is 1. The number of nitrogens with two attached hydrogens (primary N) is 1. The molecule has 0 aromatic heterocycles. The van der Waals surface area contributed by atoms with E-state index in [1.54, 1.807) is 6.07 Å². The Balaban J connectivity index is 1.20. The van der Waals surface area contributed by atoms with Crippen LogP contribution >= 0.6 is 21.6 Å². The summed E-state index contributed by atoms with van der Waals surface area (Å²) in [4.78, 5) is 18.3. The fraction of sp³-hybridized carbons (Fsp3) is 0.760. The second-order valence-electron chi connectivity index (χ2n) is 21.2. The van der Waals surface area contributed by atoms with E-state index in [0.29, 0.717) is 48.4 Å². The van der Waals surface area contributed by atoms with Gasteiger partial charge in [0.1, 0.15) is 12.2 Å². The number of aliphatic imine (C=N–C) groups is 1. The van der Waals surface area contributed by atoms with Gasteiger partial charge in [-0.3, -0.25) is 4.79 Å². The highest BCUT2D eigenvalue weighted by atomic mass is 33.1. The Morgan fingerprint density at radius 1 is 1.03 bits per heavy atom. The minimum atomic E-state index is -1.03. The molecule has 64 heavy (non-hydrogen) atoms. The molecule has 1 aromatic rings.